The Balaban J connectivity index is 1.73. The van der Waals surface area contributed by atoms with E-state index in [2.05, 4.69) is 5.32 Å². The van der Waals surface area contributed by atoms with Gasteiger partial charge in [-0.15, -0.1) is 0 Å². The molecule has 0 saturated carbocycles. The fourth-order valence-electron chi connectivity index (χ4n) is 5.41. The molecule has 1 N–H and O–H groups in total. The smallest absolute Gasteiger partial charge is 0.269 e. The molecule has 0 unspecified atom stereocenters. The van der Waals surface area contributed by atoms with Gasteiger partial charge < -0.3 is 5.32 Å². The Morgan fingerprint density at radius 2 is 1.71 bits per heavy atom. The second-order valence-electron chi connectivity index (χ2n) is 10.5. The van der Waals surface area contributed by atoms with E-state index in [0.29, 0.717) is 45.8 Å². The molecule has 0 fully saturated rings. The fourth-order valence-corrected chi connectivity index (χ4v) is 5.41. The van der Waals surface area contributed by atoms with E-state index in [9.17, 15) is 24.5 Å². The molecule has 1 aliphatic carbocycles. The summed E-state index contributed by atoms with van der Waals surface area (Å²) in [5.74, 6) is -0.628. The number of hydrogen-bond acceptors (Lipinski definition) is 6. The van der Waals surface area contributed by atoms with Crippen LogP contribution in [-0.2, 0) is 9.59 Å². The highest BCUT2D eigenvalue weighted by Gasteiger charge is 2.43. The minimum Gasteiger partial charge on any atom is -0.357 e. The molecule has 0 radical (unpaired) electrons. The summed E-state index contributed by atoms with van der Waals surface area (Å²) in [7, 11) is 0. The lowest BCUT2D eigenvalue weighted by atomic mass is 9.73. The highest BCUT2D eigenvalue weighted by atomic mass is 16.6. The molecule has 1 aliphatic heterocycles. The Morgan fingerprint density at radius 3 is 2.39 bits per heavy atom. The first-order valence-corrected chi connectivity index (χ1v) is 12.4. The highest BCUT2D eigenvalue weighted by molar-refractivity contribution is 6.11. The molecular weight excluding hydrogens is 482 g/mol. The van der Waals surface area contributed by atoms with E-state index < -0.39 is 11.0 Å². The maximum atomic E-state index is 13.7. The molecule has 0 spiro atoms. The number of nitrogens with zero attached hydrogens (tertiary/aromatic N) is 2. The van der Waals surface area contributed by atoms with Crippen LogP contribution in [0.25, 0.3) is 0 Å². The van der Waals surface area contributed by atoms with Crippen molar-refractivity contribution in [3.05, 3.63) is 111 Å². The van der Waals surface area contributed by atoms with Crippen molar-refractivity contribution in [3.8, 4) is 0 Å². The third-order valence-corrected chi connectivity index (χ3v) is 7.03. The van der Waals surface area contributed by atoms with Crippen LogP contribution in [0.2, 0.25) is 0 Å². The Kier molecular flexibility index (Phi) is 6.18. The number of amides is 1. The van der Waals surface area contributed by atoms with Gasteiger partial charge in [-0.25, -0.2) is 0 Å². The second kappa shape index (κ2) is 9.37. The predicted molar refractivity (Wildman–Crippen MR) is 144 cm³/mol. The van der Waals surface area contributed by atoms with Gasteiger partial charge >= 0.3 is 0 Å². The van der Waals surface area contributed by atoms with Gasteiger partial charge in [0.2, 0.25) is 5.91 Å². The monoisotopic (exact) mass is 509 g/mol. The lowest BCUT2D eigenvalue weighted by Gasteiger charge is -2.36. The van der Waals surface area contributed by atoms with E-state index in [1.807, 2.05) is 19.9 Å². The lowest BCUT2D eigenvalue weighted by molar-refractivity contribution is -0.384. The van der Waals surface area contributed by atoms with Crippen molar-refractivity contribution >= 4 is 34.5 Å². The van der Waals surface area contributed by atoms with Gasteiger partial charge in [-0.05, 0) is 35.6 Å². The first-order valence-electron chi connectivity index (χ1n) is 12.4. The third-order valence-electron chi connectivity index (χ3n) is 7.03. The van der Waals surface area contributed by atoms with E-state index in [1.165, 1.54) is 24.0 Å². The van der Waals surface area contributed by atoms with Crippen molar-refractivity contribution in [2.75, 3.05) is 10.2 Å². The topological polar surface area (TPSA) is 110 Å². The van der Waals surface area contributed by atoms with Crippen LogP contribution in [0.5, 0.6) is 0 Å². The molecule has 1 heterocycles. The van der Waals surface area contributed by atoms with Crippen LogP contribution >= 0.6 is 0 Å². The summed E-state index contributed by atoms with van der Waals surface area (Å²) in [5, 5.41) is 15.0. The molecule has 0 saturated heterocycles. The van der Waals surface area contributed by atoms with Crippen molar-refractivity contribution in [1.29, 1.82) is 0 Å². The quantitative estimate of drug-likeness (QED) is 0.263. The molecule has 0 aromatic heterocycles. The Bertz CT molecular complexity index is 1520. The van der Waals surface area contributed by atoms with Gasteiger partial charge in [-0.3, -0.25) is 29.4 Å². The number of rotatable bonds is 4. The maximum Gasteiger partial charge on any atom is 0.269 e. The standard InChI is InChI=1S/C30H27N3O5/c1-18(34)32-25-13-12-21(29(36)19-8-5-4-6-9-19)15-23(25)31-24-16-30(2,3)17-26(35)27(24)28(32)20-10-7-11-22(14-20)33(37)38/h4-15,28,31H,16-17H2,1-3H3/t28-/m0/s1. The fraction of sp³-hybridized carbons (Fsp3) is 0.233. The van der Waals surface area contributed by atoms with Gasteiger partial charge in [0.05, 0.1) is 22.3 Å². The van der Waals surface area contributed by atoms with Crippen molar-refractivity contribution in [3.63, 3.8) is 0 Å². The maximum absolute atomic E-state index is 13.7. The number of fused-ring (bicyclic) bond motifs is 1. The predicted octanol–water partition coefficient (Wildman–Crippen LogP) is 5.99. The summed E-state index contributed by atoms with van der Waals surface area (Å²) in [6.45, 7) is 5.41. The van der Waals surface area contributed by atoms with Crippen LogP contribution in [0.3, 0.4) is 0 Å². The number of ketones is 2. The van der Waals surface area contributed by atoms with E-state index >= 15 is 0 Å². The SMILES string of the molecule is CC(=O)N1c2ccc(C(=O)c3ccccc3)cc2NC2=C(C(=O)CC(C)(C)C2)[C@@H]1c1cccc([N+](=O)[O-])c1. The highest BCUT2D eigenvalue weighted by Crippen LogP contribution is 2.48. The molecule has 38 heavy (non-hydrogen) atoms. The summed E-state index contributed by atoms with van der Waals surface area (Å²) in [6, 6.07) is 19.1. The zero-order chi connectivity index (χ0) is 27.2. The van der Waals surface area contributed by atoms with Crippen molar-refractivity contribution in [1.82, 2.24) is 0 Å². The number of anilines is 2. The van der Waals surface area contributed by atoms with Crippen LogP contribution in [-0.4, -0.2) is 22.4 Å². The van der Waals surface area contributed by atoms with Gasteiger partial charge in [0.25, 0.3) is 5.69 Å². The number of non-ortho nitro benzene ring substituents is 1. The van der Waals surface area contributed by atoms with E-state index in [0.717, 1.165) is 0 Å². The summed E-state index contributed by atoms with van der Waals surface area (Å²) in [5.41, 5.74) is 3.04. The minimum atomic E-state index is -0.865. The van der Waals surface area contributed by atoms with Crippen molar-refractivity contribution in [2.24, 2.45) is 5.41 Å². The molecule has 192 valence electrons. The van der Waals surface area contributed by atoms with Gasteiger partial charge in [0.15, 0.2) is 11.6 Å². The van der Waals surface area contributed by atoms with Crippen molar-refractivity contribution < 1.29 is 19.3 Å². The van der Waals surface area contributed by atoms with Gasteiger partial charge in [-0.2, -0.15) is 0 Å². The number of carbonyl (C=O) groups is 3. The normalized spacial score (nSPS) is 18.1. The third kappa shape index (κ3) is 4.49. The number of nitro groups is 1. The summed E-state index contributed by atoms with van der Waals surface area (Å²) in [6.07, 6.45) is 0.806. The largest absolute Gasteiger partial charge is 0.357 e. The second-order valence-corrected chi connectivity index (χ2v) is 10.5. The van der Waals surface area contributed by atoms with Crippen LogP contribution in [0, 0.1) is 15.5 Å². The zero-order valence-electron chi connectivity index (χ0n) is 21.4. The van der Waals surface area contributed by atoms with E-state index in [4.69, 9.17) is 0 Å². The molecule has 1 atom stereocenters. The molecular formula is C30H27N3O5. The van der Waals surface area contributed by atoms with E-state index in [-0.39, 0.29) is 35.0 Å². The zero-order valence-corrected chi connectivity index (χ0v) is 21.4. The van der Waals surface area contributed by atoms with Crippen LogP contribution in [0.15, 0.2) is 84.1 Å². The van der Waals surface area contributed by atoms with Crippen LogP contribution < -0.4 is 10.2 Å². The van der Waals surface area contributed by atoms with E-state index in [1.54, 1.807) is 54.6 Å². The van der Waals surface area contributed by atoms with Crippen molar-refractivity contribution in [2.45, 2.75) is 39.7 Å². The molecule has 1 amide bonds. The first-order chi connectivity index (χ1) is 18.1. The number of allylic oxidation sites excluding steroid dienone is 1. The molecule has 2 aliphatic rings. The minimum absolute atomic E-state index is 0.125. The molecule has 3 aromatic carbocycles. The Labute approximate surface area is 220 Å². The number of Topliss-reactive ketones (excluding diaryl/α,β-unsaturated/α-hetero) is 1. The number of carbonyl (C=O) groups excluding carboxylic acids is 3. The molecule has 8 nitrogen and oxygen atoms in total. The van der Waals surface area contributed by atoms with Gasteiger partial charge in [0, 0.05) is 47.9 Å². The summed E-state index contributed by atoms with van der Waals surface area (Å²) in [4.78, 5) is 52.7. The Hall–Kier alpha value is -4.59. The number of nitro benzene ring substituents is 1. The molecule has 5 rings (SSSR count). The lowest BCUT2D eigenvalue weighted by Crippen LogP contribution is -2.38. The molecule has 3 aromatic rings. The average molecular weight is 510 g/mol. The Morgan fingerprint density at radius 1 is 0.974 bits per heavy atom. The van der Waals surface area contributed by atoms with Gasteiger partial charge in [-0.1, -0.05) is 56.3 Å². The summed E-state index contributed by atoms with van der Waals surface area (Å²) < 4.78 is 0. The molecule has 8 heteroatoms. The molecule has 0 bridgehead atoms. The van der Waals surface area contributed by atoms with Gasteiger partial charge in [0.1, 0.15) is 0 Å². The summed E-state index contributed by atoms with van der Waals surface area (Å²) >= 11 is 0. The average Bonchev–Trinajstić information content (AvgIpc) is 3.02. The first kappa shape index (κ1) is 25.1. The van der Waals surface area contributed by atoms with Crippen LogP contribution in [0.1, 0.15) is 61.1 Å². The number of nitrogens with one attached hydrogen (secondary N) is 1. The number of hydrogen-bond donors (Lipinski definition) is 1. The van der Waals surface area contributed by atoms with Crippen LogP contribution in [0.4, 0.5) is 17.1 Å². The number of benzene rings is 3.